The van der Waals surface area contributed by atoms with Crippen LogP contribution < -0.4 is 15.4 Å². The molecule has 0 bridgehead atoms. The highest BCUT2D eigenvalue weighted by atomic mass is 32.2. The van der Waals surface area contributed by atoms with Crippen LogP contribution in [-0.2, 0) is 33.9 Å². The van der Waals surface area contributed by atoms with Crippen molar-refractivity contribution >= 4 is 57.0 Å². The van der Waals surface area contributed by atoms with Crippen LogP contribution in [-0.4, -0.2) is 80.1 Å². The maximum Gasteiger partial charge on any atom is 0.339 e. The third-order valence-electron chi connectivity index (χ3n) is 9.85. The largest absolute Gasteiger partial charge is 0.480 e. The molecule has 15 nitrogen and oxygen atoms in total. The number of carboxylic acids is 1. The molecule has 2 amide bonds. The lowest BCUT2D eigenvalue weighted by Crippen LogP contribution is -2.45. The summed E-state index contributed by atoms with van der Waals surface area (Å²) in [5.41, 5.74) is 7.09. The number of benzene rings is 5. The van der Waals surface area contributed by atoms with Crippen molar-refractivity contribution < 1.29 is 56.6 Å². The zero-order valence-electron chi connectivity index (χ0n) is 37.2. The van der Waals surface area contributed by atoms with Gasteiger partial charge in [0.05, 0.1) is 16.0 Å². The van der Waals surface area contributed by atoms with Crippen LogP contribution >= 0.6 is 0 Å². The maximum absolute atomic E-state index is 13.2. The number of carbonyl (C=O) groups is 7. The van der Waals surface area contributed by atoms with E-state index in [4.69, 9.17) is 14.6 Å². The highest BCUT2D eigenvalue weighted by molar-refractivity contribution is 7.90. The van der Waals surface area contributed by atoms with Crippen molar-refractivity contribution in [2.45, 2.75) is 72.4 Å². The Bertz CT molecular complexity index is 2610. The number of anilines is 1. The first kappa shape index (κ1) is 50.2. The molecule has 0 aromatic heterocycles. The van der Waals surface area contributed by atoms with Crippen molar-refractivity contribution in [2.24, 2.45) is 0 Å². The van der Waals surface area contributed by atoms with Crippen molar-refractivity contribution in [1.29, 1.82) is 0 Å². The number of sulfonamides is 1. The fourth-order valence-electron chi connectivity index (χ4n) is 6.76. The minimum absolute atomic E-state index is 0.0420. The number of aryl methyl sites for hydroxylation is 6. The van der Waals surface area contributed by atoms with E-state index >= 15 is 0 Å². The first-order chi connectivity index (χ1) is 30.6. The molecule has 0 heterocycles. The molecule has 4 N–H and O–H groups in total. The molecular formula is C49H51N3O12S. The normalized spacial score (nSPS) is 11.7. The Morgan fingerprint density at radius 2 is 1.05 bits per heavy atom. The van der Waals surface area contributed by atoms with E-state index in [0.29, 0.717) is 16.8 Å². The van der Waals surface area contributed by atoms with Gasteiger partial charge in [0.25, 0.3) is 15.9 Å². The Balaban J connectivity index is 0.000000296. The second-order valence-corrected chi connectivity index (χ2v) is 17.1. The van der Waals surface area contributed by atoms with Crippen molar-refractivity contribution in [3.8, 4) is 0 Å². The Morgan fingerprint density at radius 3 is 1.52 bits per heavy atom. The van der Waals surface area contributed by atoms with Crippen molar-refractivity contribution in [1.82, 2.24) is 10.0 Å². The van der Waals surface area contributed by atoms with Gasteiger partial charge in [-0.05, 0) is 114 Å². The summed E-state index contributed by atoms with van der Waals surface area (Å²) in [4.78, 5) is 85.5. The minimum atomic E-state index is -4.05. The molecule has 16 heteroatoms. The molecule has 340 valence electrons. The van der Waals surface area contributed by atoms with Gasteiger partial charge in [-0.3, -0.25) is 24.0 Å². The standard InChI is InChI=1S/C26H25N3O7S.C23H26O5/c1-16(24(31)28-17(2)26(33)34)27-22-11-7-6-10-21(22)23(30)18-12-14-19(15-13-18)25(32)29-37(35,36)20-8-4-3-5-9-20;1-13-7-15(3)20(16(4)8-13)22(25)27-11-19(24)12-28-23(26)21-17(5)9-14(2)10-18(21)6/h3-17,27H,1-2H3,(H,28,31)(H,29,32)(H,33,34);7-10H,11-12H2,1-6H3/t16?,17-;/m0./s1. The summed E-state index contributed by atoms with van der Waals surface area (Å²) in [6.07, 6.45) is 0. The van der Waals surface area contributed by atoms with Crippen LogP contribution in [0.3, 0.4) is 0 Å². The highest BCUT2D eigenvalue weighted by Gasteiger charge is 2.23. The number of amides is 2. The molecular weight excluding hydrogens is 855 g/mol. The maximum atomic E-state index is 13.2. The number of ether oxygens (including phenoxy) is 2. The number of Topliss-reactive ketones (excluding diaryl/α,β-unsaturated/α-hetero) is 1. The van der Waals surface area contributed by atoms with Gasteiger partial charge < -0.3 is 25.2 Å². The topological polar surface area (TPSA) is 228 Å². The van der Waals surface area contributed by atoms with E-state index in [1.807, 2.05) is 70.5 Å². The SMILES string of the molecule is CC(Nc1ccccc1C(=O)c1ccc(C(=O)NS(=O)(=O)c2ccccc2)cc1)C(=O)N[C@@H](C)C(=O)O.Cc1cc(C)c(C(=O)OCC(=O)COC(=O)c2c(C)cc(C)cc2C)c(C)c1. The monoisotopic (exact) mass is 905 g/mol. The van der Waals surface area contributed by atoms with Gasteiger partial charge in [0, 0.05) is 22.4 Å². The fraction of sp³-hybridized carbons (Fsp3) is 0.245. The number of rotatable bonds is 16. The van der Waals surface area contributed by atoms with Gasteiger partial charge >= 0.3 is 17.9 Å². The molecule has 0 aliphatic carbocycles. The first-order valence-electron chi connectivity index (χ1n) is 20.3. The number of para-hydroxylation sites is 1. The van der Waals surface area contributed by atoms with Gasteiger partial charge in [-0.2, -0.15) is 0 Å². The predicted molar refractivity (Wildman–Crippen MR) is 243 cm³/mol. The molecule has 5 aromatic rings. The molecule has 0 radical (unpaired) electrons. The van der Waals surface area contributed by atoms with Crippen LogP contribution in [0.4, 0.5) is 5.69 Å². The fourth-order valence-corrected chi connectivity index (χ4v) is 7.75. The summed E-state index contributed by atoms with van der Waals surface area (Å²) in [6, 6.07) is 25.0. The van der Waals surface area contributed by atoms with Gasteiger partial charge in [-0.1, -0.05) is 77.9 Å². The third-order valence-corrected chi connectivity index (χ3v) is 11.2. The molecule has 1 unspecified atom stereocenters. The smallest absolute Gasteiger partial charge is 0.339 e. The van der Waals surface area contributed by atoms with E-state index < -0.39 is 76.6 Å². The second-order valence-electron chi connectivity index (χ2n) is 15.4. The predicted octanol–water partition coefficient (Wildman–Crippen LogP) is 6.55. The Morgan fingerprint density at radius 1 is 0.600 bits per heavy atom. The average Bonchev–Trinajstić information content (AvgIpc) is 3.24. The number of carboxylic acid groups (broad SMARTS) is 1. The summed E-state index contributed by atoms with van der Waals surface area (Å²) in [7, 11) is -4.05. The zero-order chi connectivity index (χ0) is 48.2. The molecule has 0 fully saturated rings. The van der Waals surface area contributed by atoms with Crippen molar-refractivity contribution in [3.05, 3.63) is 164 Å². The average molecular weight is 906 g/mol. The third kappa shape index (κ3) is 13.8. The number of ketones is 2. The number of hydrogen-bond acceptors (Lipinski definition) is 12. The van der Waals surface area contributed by atoms with Crippen LogP contribution in [0.1, 0.15) is 94.2 Å². The van der Waals surface area contributed by atoms with E-state index in [9.17, 15) is 42.0 Å². The molecule has 65 heavy (non-hydrogen) atoms. The Kier molecular flexibility index (Phi) is 17.2. The summed E-state index contributed by atoms with van der Waals surface area (Å²) < 4.78 is 37.0. The van der Waals surface area contributed by atoms with Crippen LogP contribution in [0.25, 0.3) is 0 Å². The minimum Gasteiger partial charge on any atom is -0.480 e. The highest BCUT2D eigenvalue weighted by Crippen LogP contribution is 2.22. The van der Waals surface area contributed by atoms with Crippen molar-refractivity contribution in [2.75, 3.05) is 18.5 Å². The second kappa shape index (κ2) is 22.2. The number of hydrogen-bond donors (Lipinski definition) is 4. The van der Waals surface area contributed by atoms with Gasteiger partial charge in [0.15, 0.2) is 19.0 Å². The lowest BCUT2D eigenvalue weighted by Gasteiger charge is -2.19. The molecule has 2 atom stereocenters. The Labute approximate surface area is 377 Å². The molecule has 0 saturated heterocycles. The number of carbonyl (C=O) groups excluding carboxylic acids is 6. The van der Waals surface area contributed by atoms with Gasteiger partial charge in [-0.25, -0.2) is 22.7 Å². The molecule has 0 aliphatic heterocycles. The van der Waals surface area contributed by atoms with Crippen LogP contribution in [0.2, 0.25) is 0 Å². The molecule has 5 aromatic carbocycles. The van der Waals surface area contributed by atoms with E-state index in [2.05, 4.69) is 10.6 Å². The summed E-state index contributed by atoms with van der Waals surface area (Å²) in [5.74, 6) is -4.57. The van der Waals surface area contributed by atoms with E-state index in [1.54, 1.807) is 30.3 Å². The molecule has 5 rings (SSSR count). The summed E-state index contributed by atoms with van der Waals surface area (Å²) in [5, 5.41) is 14.2. The van der Waals surface area contributed by atoms with Crippen LogP contribution in [0.5, 0.6) is 0 Å². The Hall–Kier alpha value is -7.46. The molecule has 0 saturated carbocycles. The zero-order valence-corrected chi connectivity index (χ0v) is 38.0. The van der Waals surface area contributed by atoms with Gasteiger partial charge in [0.2, 0.25) is 11.7 Å². The lowest BCUT2D eigenvalue weighted by atomic mass is 10.00. The van der Waals surface area contributed by atoms with Gasteiger partial charge in [-0.15, -0.1) is 0 Å². The number of nitrogens with one attached hydrogen (secondary N) is 3. The quantitative estimate of drug-likeness (QED) is 0.0610. The molecule has 0 spiro atoms. The van der Waals surface area contributed by atoms with Gasteiger partial charge in [0.1, 0.15) is 12.1 Å². The molecule has 0 aliphatic rings. The van der Waals surface area contributed by atoms with Crippen LogP contribution in [0, 0.1) is 41.5 Å². The lowest BCUT2D eigenvalue weighted by molar-refractivity contribution is -0.141. The van der Waals surface area contributed by atoms with E-state index in [-0.39, 0.29) is 21.6 Å². The number of esters is 2. The first-order valence-corrected chi connectivity index (χ1v) is 21.7. The van der Waals surface area contributed by atoms with Crippen molar-refractivity contribution in [3.63, 3.8) is 0 Å². The summed E-state index contributed by atoms with van der Waals surface area (Å²) in [6.45, 7) is 13.2. The van der Waals surface area contributed by atoms with E-state index in [0.717, 1.165) is 33.4 Å². The van der Waals surface area contributed by atoms with Crippen LogP contribution in [0.15, 0.2) is 108 Å². The van der Waals surface area contributed by atoms with E-state index in [1.165, 1.54) is 62.4 Å². The number of aliphatic carboxylic acids is 1. The summed E-state index contributed by atoms with van der Waals surface area (Å²) >= 11 is 0.